The number of amides is 1. The lowest BCUT2D eigenvalue weighted by molar-refractivity contribution is -0.118. The molecule has 3 unspecified atom stereocenters. The second-order valence-electron chi connectivity index (χ2n) is 4.71. The van der Waals surface area contributed by atoms with Crippen LogP contribution < -0.4 is 11.1 Å². The van der Waals surface area contributed by atoms with Crippen LogP contribution in [0.1, 0.15) is 46.0 Å². The van der Waals surface area contributed by atoms with E-state index in [9.17, 15) is 4.79 Å². The molecule has 1 aliphatic rings. The van der Waals surface area contributed by atoms with Gasteiger partial charge in [0.15, 0.2) is 0 Å². The SMILES string of the molecule is CC1CCCC(NC(C)CC(N)=O)C1. The molecule has 3 heteroatoms. The molecule has 1 fully saturated rings. The van der Waals surface area contributed by atoms with Crippen LogP contribution in [0.2, 0.25) is 0 Å². The highest BCUT2D eigenvalue weighted by Gasteiger charge is 2.20. The zero-order valence-corrected chi connectivity index (χ0v) is 9.25. The monoisotopic (exact) mass is 198 g/mol. The first-order valence-electron chi connectivity index (χ1n) is 5.62. The molecule has 0 bridgehead atoms. The van der Waals surface area contributed by atoms with Crippen molar-refractivity contribution in [2.45, 2.75) is 58.0 Å². The molecule has 1 saturated carbocycles. The highest BCUT2D eigenvalue weighted by atomic mass is 16.1. The van der Waals surface area contributed by atoms with E-state index in [-0.39, 0.29) is 11.9 Å². The van der Waals surface area contributed by atoms with E-state index < -0.39 is 0 Å². The summed E-state index contributed by atoms with van der Waals surface area (Å²) >= 11 is 0. The molecule has 14 heavy (non-hydrogen) atoms. The van der Waals surface area contributed by atoms with Crippen molar-refractivity contribution in [1.29, 1.82) is 0 Å². The lowest BCUT2D eigenvalue weighted by Crippen LogP contribution is -2.41. The number of rotatable bonds is 4. The van der Waals surface area contributed by atoms with Crippen molar-refractivity contribution in [3.8, 4) is 0 Å². The highest BCUT2D eigenvalue weighted by Crippen LogP contribution is 2.23. The number of hydrogen-bond donors (Lipinski definition) is 2. The zero-order chi connectivity index (χ0) is 10.6. The first kappa shape index (κ1) is 11.5. The third-order valence-electron chi connectivity index (χ3n) is 2.96. The summed E-state index contributed by atoms with van der Waals surface area (Å²) in [5, 5.41) is 3.48. The van der Waals surface area contributed by atoms with Gasteiger partial charge in [-0.3, -0.25) is 4.79 Å². The first-order chi connectivity index (χ1) is 6.58. The number of carbonyl (C=O) groups is 1. The van der Waals surface area contributed by atoms with Gasteiger partial charge in [-0.05, 0) is 25.7 Å². The van der Waals surface area contributed by atoms with E-state index in [0.717, 1.165) is 5.92 Å². The van der Waals surface area contributed by atoms with E-state index in [2.05, 4.69) is 12.2 Å². The fourth-order valence-electron chi connectivity index (χ4n) is 2.35. The van der Waals surface area contributed by atoms with E-state index in [1.807, 2.05) is 6.92 Å². The summed E-state index contributed by atoms with van der Waals surface area (Å²) in [6, 6.07) is 0.816. The average molecular weight is 198 g/mol. The van der Waals surface area contributed by atoms with Gasteiger partial charge in [-0.25, -0.2) is 0 Å². The van der Waals surface area contributed by atoms with Crippen molar-refractivity contribution >= 4 is 5.91 Å². The summed E-state index contributed by atoms with van der Waals surface area (Å²) in [6.07, 6.45) is 5.59. The molecule has 1 amide bonds. The van der Waals surface area contributed by atoms with Gasteiger partial charge in [0.05, 0.1) is 0 Å². The third kappa shape index (κ3) is 4.09. The molecule has 3 atom stereocenters. The number of primary amides is 1. The van der Waals surface area contributed by atoms with Crippen LogP contribution in [0.4, 0.5) is 0 Å². The summed E-state index contributed by atoms with van der Waals surface area (Å²) in [5.74, 6) is 0.607. The lowest BCUT2D eigenvalue weighted by atomic mass is 9.86. The van der Waals surface area contributed by atoms with Gasteiger partial charge in [-0.1, -0.05) is 19.8 Å². The molecule has 1 aliphatic carbocycles. The quantitative estimate of drug-likeness (QED) is 0.717. The largest absolute Gasteiger partial charge is 0.370 e. The molecular formula is C11H22N2O. The van der Waals surface area contributed by atoms with Crippen molar-refractivity contribution in [2.75, 3.05) is 0 Å². The molecule has 1 rings (SSSR count). The van der Waals surface area contributed by atoms with E-state index in [1.54, 1.807) is 0 Å². The smallest absolute Gasteiger partial charge is 0.218 e. The Morgan fingerprint density at radius 3 is 2.86 bits per heavy atom. The summed E-state index contributed by atoms with van der Waals surface area (Å²) in [5.41, 5.74) is 5.15. The van der Waals surface area contributed by atoms with E-state index in [0.29, 0.717) is 12.5 Å². The standard InChI is InChI=1S/C11H22N2O/c1-8-4-3-5-10(6-8)13-9(2)7-11(12)14/h8-10,13H,3-7H2,1-2H3,(H2,12,14). The molecule has 0 spiro atoms. The Hall–Kier alpha value is -0.570. The molecule has 0 aromatic rings. The summed E-state index contributed by atoms with van der Waals surface area (Å²) in [6.45, 7) is 4.33. The fourth-order valence-corrected chi connectivity index (χ4v) is 2.35. The normalized spacial score (nSPS) is 29.9. The van der Waals surface area contributed by atoms with Crippen LogP contribution >= 0.6 is 0 Å². The Balaban J connectivity index is 2.25. The topological polar surface area (TPSA) is 55.1 Å². The van der Waals surface area contributed by atoms with Crippen LogP contribution in [0.5, 0.6) is 0 Å². The Labute approximate surface area is 86.4 Å². The number of nitrogens with one attached hydrogen (secondary N) is 1. The van der Waals surface area contributed by atoms with E-state index in [1.165, 1.54) is 25.7 Å². The van der Waals surface area contributed by atoms with Crippen molar-refractivity contribution in [3.05, 3.63) is 0 Å². The van der Waals surface area contributed by atoms with Gasteiger partial charge in [0, 0.05) is 18.5 Å². The zero-order valence-electron chi connectivity index (χ0n) is 9.25. The Bertz CT molecular complexity index is 194. The number of hydrogen-bond acceptors (Lipinski definition) is 2. The highest BCUT2D eigenvalue weighted by molar-refractivity contribution is 5.74. The maximum Gasteiger partial charge on any atom is 0.218 e. The van der Waals surface area contributed by atoms with Crippen LogP contribution in [-0.4, -0.2) is 18.0 Å². The summed E-state index contributed by atoms with van der Waals surface area (Å²) in [4.78, 5) is 10.7. The predicted octanol–water partition coefficient (Wildman–Crippen LogP) is 1.42. The van der Waals surface area contributed by atoms with Crippen molar-refractivity contribution in [3.63, 3.8) is 0 Å². The van der Waals surface area contributed by atoms with Crippen molar-refractivity contribution in [1.82, 2.24) is 5.32 Å². The molecule has 0 aromatic heterocycles. The predicted molar refractivity (Wildman–Crippen MR) is 57.8 cm³/mol. The summed E-state index contributed by atoms with van der Waals surface area (Å²) in [7, 11) is 0. The maximum absolute atomic E-state index is 10.7. The Morgan fingerprint density at radius 1 is 1.57 bits per heavy atom. The average Bonchev–Trinajstić information content (AvgIpc) is 2.01. The minimum atomic E-state index is -0.214. The fraction of sp³-hybridized carbons (Fsp3) is 0.909. The van der Waals surface area contributed by atoms with Crippen LogP contribution in [0.25, 0.3) is 0 Å². The van der Waals surface area contributed by atoms with E-state index >= 15 is 0 Å². The van der Waals surface area contributed by atoms with Crippen molar-refractivity contribution < 1.29 is 4.79 Å². The van der Waals surface area contributed by atoms with Gasteiger partial charge in [0.2, 0.25) is 5.91 Å². The number of nitrogens with two attached hydrogens (primary N) is 1. The lowest BCUT2D eigenvalue weighted by Gasteiger charge is -2.29. The molecule has 0 aliphatic heterocycles. The van der Waals surface area contributed by atoms with Gasteiger partial charge in [-0.15, -0.1) is 0 Å². The van der Waals surface area contributed by atoms with Crippen LogP contribution in [0.3, 0.4) is 0 Å². The third-order valence-corrected chi connectivity index (χ3v) is 2.96. The Morgan fingerprint density at radius 2 is 2.29 bits per heavy atom. The molecule has 3 nitrogen and oxygen atoms in total. The van der Waals surface area contributed by atoms with Crippen LogP contribution in [0, 0.1) is 5.92 Å². The molecular weight excluding hydrogens is 176 g/mol. The minimum Gasteiger partial charge on any atom is -0.370 e. The van der Waals surface area contributed by atoms with Gasteiger partial charge in [0.25, 0.3) is 0 Å². The second-order valence-corrected chi connectivity index (χ2v) is 4.71. The maximum atomic E-state index is 10.7. The number of carbonyl (C=O) groups excluding carboxylic acids is 1. The molecule has 0 heterocycles. The van der Waals surface area contributed by atoms with Gasteiger partial charge < -0.3 is 11.1 Å². The molecule has 0 saturated heterocycles. The summed E-state index contributed by atoms with van der Waals surface area (Å²) < 4.78 is 0. The van der Waals surface area contributed by atoms with Gasteiger partial charge >= 0.3 is 0 Å². The van der Waals surface area contributed by atoms with Crippen LogP contribution in [-0.2, 0) is 4.79 Å². The van der Waals surface area contributed by atoms with Gasteiger partial charge in [0.1, 0.15) is 0 Å². The molecule has 0 radical (unpaired) electrons. The molecule has 3 N–H and O–H groups in total. The van der Waals surface area contributed by atoms with E-state index in [4.69, 9.17) is 5.73 Å². The van der Waals surface area contributed by atoms with Crippen molar-refractivity contribution in [2.24, 2.45) is 11.7 Å². The molecule has 82 valence electrons. The van der Waals surface area contributed by atoms with Gasteiger partial charge in [-0.2, -0.15) is 0 Å². The minimum absolute atomic E-state index is 0.214. The molecule has 0 aromatic carbocycles. The second kappa shape index (κ2) is 5.35. The Kier molecular flexibility index (Phi) is 4.39. The first-order valence-corrected chi connectivity index (χ1v) is 5.62. The van der Waals surface area contributed by atoms with Crippen LogP contribution in [0.15, 0.2) is 0 Å².